The average molecular weight is 207 g/mol. The van der Waals surface area contributed by atoms with Crippen molar-refractivity contribution in [1.29, 1.82) is 0 Å². The molecule has 0 saturated carbocycles. The zero-order valence-electron chi connectivity index (χ0n) is 8.10. The second-order valence-electron chi connectivity index (χ2n) is 3.64. The minimum atomic E-state index is -3.25. The second kappa shape index (κ2) is 3.94. The summed E-state index contributed by atoms with van der Waals surface area (Å²) in [4.78, 5) is 0. The van der Waals surface area contributed by atoms with Gasteiger partial charge in [-0.1, -0.05) is 0 Å². The summed E-state index contributed by atoms with van der Waals surface area (Å²) in [6, 6.07) is 0.0963. The van der Waals surface area contributed by atoms with Gasteiger partial charge in [-0.05, 0) is 26.7 Å². The first-order valence-electron chi connectivity index (χ1n) is 4.61. The van der Waals surface area contributed by atoms with Crippen LogP contribution in [-0.4, -0.2) is 42.3 Å². The minimum Gasteiger partial charge on any atom is -0.395 e. The zero-order chi connectivity index (χ0) is 10.1. The number of hydrogen-bond donors (Lipinski definition) is 1. The van der Waals surface area contributed by atoms with Crippen LogP contribution in [0.25, 0.3) is 0 Å². The molecule has 2 atom stereocenters. The topological polar surface area (TPSA) is 57.6 Å². The summed E-state index contributed by atoms with van der Waals surface area (Å²) < 4.78 is 25.0. The van der Waals surface area contributed by atoms with Gasteiger partial charge < -0.3 is 5.11 Å². The van der Waals surface area contributed by atoms with Crippen molar-refractivity contribution in [2.24, 2.45) is 0 Å². The normalized spacial score (nSPS) is 27.8. The molecule has 0 aromatic rings. The Morgan fingerprint density at radius 1 is 1.62 bits per heavy atom. The zero-order valence-corrected chi connectivity index (χ0v) is 8.92. The first kappa shape index (κ1) is 10.9. The Morgan fingerprint density at radius 3 is 2.62 bits per heavy atom. The molecule has 0 aliphatic carbocycles. The largest absolute Gasteiger partial charge is 0.395 e. The summed E-state index contributed by atoms with van der Waals surface area (Å²) in [7, 11) is -3.25. The molecule has 0 bridgehead atoms. The highest BCUT2D eigenvalue weighted by Gasteiger charge is 2.34. The van der Waals surface area contributed by atoms with Gasteiger partial charge in [0.05, 0.1) is 11.9 Å². The Bertz CT molecular complexity index is 263. The molecule has 1 aliphatic heterocycles. The fourth-order valence-electron chi connectivity index (χ4n) is 1.61. The van der Waals surface area contributed by atoms with Crippen molar-refractivity contribution < 1.29 is 13.5 Å². The monoisotopic (exact) mass is 207 g/mol. The highest BCUT2D eigenvalue weighted by Crippen LogP contribution is 2.22. The maximum atomic E-state index is 11.7. The van der Waals surface area contributed by atoms with Gasteiger partial charge in [-0.15, -0.1) is 0 Å². The minimum absolute atomic E-state index is 0.0963. The molecule has 4 nitrogen and oxygen atoms in total. The molecule has 13 heavy (non-hydrogen) atoms. The quantitative estimate of drug-likeness (QED) is 0.718. The van der Waals surface area contributed by atoms with Crippen LogP contribution in [0.5, 0.6) is 0 Å². The highest BCUT2D eigenvalue weighted by molar-refractivity contribution is 7.89. The van der Waals surface area contributed by atoms with E-state index in [0.29, 0.717) is 6.54 Å². The van der Waals surface area contributed by atoms with Crippen LogP contribution in [-0.2, 0) is 10.0 Å². The molecule has 5 heteroatoms. The van der Waals surface area contributed by atoms with E-state index in [9.17, 15) is 8.42 Å². The smallest absolute Gasteiger partial charge is 0.219 e. The molecule has 0 spiro atoms. The summed E-state index contributed by atoms with van der Waals surface area (Å²) in [5.74, 6) is 0. The van der Waals surface area contributed by atoms with Crippen molar-refractivity contribution in [1.82, 2.24) is 4.31 Å². The van der Waals surface area contributed by atoms with Crippen molar-refractivity contribution in [3.63, 3.8) is 0 Å². The summed E-state index contributed by atoms with van der Waals surface area (Å²) in [5.41, 5.74) is 0. The average Bonchev–Trinajstić information content (AvgIpc) is 2.50. The van der Waals surface area contributed by atoms with E-state index in [2.05, 4.69) is 0 Å². The molecule has 1 rings (SSSR count). The molecule has 0 aromatic heterocycles. The first-order chi connectivity index (χ1) is 6.00. The van der Waals surface area contributed by atoms with Crippen molar-refractivity contribution >= 4 is 10.0 Å². The van der Waals surface area contributed by atoms with Gasteiger partial charge >= 0.3 is 0 Å². The van der Waals surface area contributed by atoms with Crippen LogP contribution in [0.1, 0.15) is 26.7 Å². The Hall–Kier alpha value is -0.130. The van der Waals surface area contributed by atoms with Gasteiger partial charge in [0.2, 0.25) is 10.0 Å². The third kappa shape index (κ3) is 2.03. The Labute approximate surface area is 79.6 Å². The van der Waals surface area contributed by atoms with Crippen molar-refractivity contribution in [2.45, 2.75) is 38.0 Å². The van der Waals surface area contributed by atoms with E-state index in [-0.39, 0.29) is 12.6 Å². The molecule has 0 amide bonds. The van der Waals surface area contributed by atoms with Gasteiger partial charge in [0.25, 0.3) is 0 Å². The fraction of sp³-hybridized carbons (Fsp3) is 1.00. The van der Waals surface area contributed by atoms with Crippen LogP contribution in [0.15, 0.2) is 0 Å². The number of nitrogens with zero attached hydrogens (tertiary/aromatic N) is 1. The maximum absolute atomic E-state index is 11.7. The van der Waals surface area contributed by atoms with E-state index >= 15 is 0 Å². The summed E-state index contributed by atoms with van der Waals surface area (Å²) >= 11 is 0. The Balaban J connectivity index is 2.80. The summed E-state index contributed by atoms with van der Waals surface area (Å²) in [6.45, 7) is 3.76. The standard InChI is InChI=1S/C8H17NO3S/c1-7-4-3-5-9(7)13(11,12)8(2)6-10/h7-8,10H,3-6H2,1-2H3. The molecule has 1 heterocycles. The van der Waals surface area contributed by atoms with Gasteiger partial charge in [-0.25, -0.2) is 8.42 Å². The lowest BCUT2D eigenvalue weighted by atomic mass is 10.3. The molecule has 1 N–H and O–H groups in total. The molecule has 1 fully saturated rings. The van der Waals surface area contributed by atoms with Crippen LogP contribution in [0.2, 0.25) is 0 Å². The van der Waals surface area contributed by atoms with E-state index in [1.54, 1.807) is 6.92 Å². The third-order valence-electron chi connectivity index (χ3n) is 2.58. The van der Waals surface area contributed by atoms with Crippen LogP contribution < -0.4 is 0 Å². The number of sulfonamides is 1. The molecule has 1 saturated heterocycles. The number of rotatable bonds is 3. The van der Waals surface area contributed by atoms with Gasteiger partial charge in [0, 0.05) is 12.6 Å². The Morgan fingerprint density at radius 2 is 2.23 bits per heavy atom. The van der Waals surface area contributed by atoms with Gasteiger partial charge in [0.1, 0.15) is 0 Å². The van der Waals surface area contributed by atoms with E-state index in [4.69, 9.17) is 5.11 Å². The summed E-state index contributed by atoms with van der Waals surface area (Å²) in [6.07, 6.45) is 1.86. The molecule has 2 unspecified atom stereocenters. The number of hydrogen-bond acceptors (Lipinski definition) is 3. The van der Waals surface area contributed by atoms with E-state index in [1.807, 2.05) is 6.92 Å². The number of aliphatic hydroxyl groups is 1. The fourth-order valence-corrected chi connectivity index (χ4v) is 3.25. The van der Waals surface area contributed by atoms with Crippen molar-refractivity contribution in [3.8, 4) is 0 Å². The maximum Gasteiger partial charge on any atom is 0.219 e. The highest BCUT2D eigenvalue weighted by atomic mass is 32.2. The lowest BCUT2D eigenvalue weighted by Gasteiger charge is -2.23. The second-order valence-corrected chi connectivity index (χ2v) is 5.94. The van der Waals surface area contributed by atoms with Crippen molar-refractivity contribution in [2.75, 3.05) is 13.2 Å². The molecule has 1 aliphatic rings. The van der Waals surface area contributed by atoms with Crippen LogP contribution in [0, 0.1) is 0 Å². The third-order valence-corrected chi connectivity index (χ3v) is 4.95. The lowest BCUT2D eigenvalue weighted by Crippen LogP contribution is -2.40. The van der Waals surface area contributed by atoms with Crippen molar-refractivity contribution in [3.05, 3.63) is 0 Å². The Kier molecular flexibility index (Phi) is 3.32. The first-order valence-corrected chi connectivity index (χ1v) is 6.12. The van der Waals surface area contributed by atoms with Crippen LogP contribution in [0.3, 0.4) is 0 Å². The van der Waals surface area contributed by atoms with Gasteiger partial charge in [-0.2, -0.15) is 4.31 Å². The lowest BCUT2D eigenvalue weighted by molar-refractivity contribution is 0.288. The van der Waals surface area contributed by atoms with Crippen LogP contribution in [0.4, 0.5) is 0 Å². The van der Waals surface area contributed by atoms with E-state index in [1.165, 1.54) is 4.31 Å². The summed E-state index contributed by atoms with van der Waals surface area (Å²) in [5, 5.41) is 8.14. The van der Waals surface area contributed by atoms with E-state index in [0.717, 1.165) is 12.8 Å². The number of aliphatic hydroxyl groups excluding tert-OH is 1. The molecular weight excluding hydrogens is 190 g/mol. The SMILES string of the molecule is CC1CCCN1S(=O)(=O)C(C)CO. The molecular formula is C8H17NO3S. The molecule has 0 aromatic carbocycles. The van der Waals surface area contributed by atoms with E-state index < -0.39 is 15.3 Å². The van der Waals surface area contributed by atoms with Gasteiger partial charge in [-0.3, -0.25) is 0 Å². The predicted octanol–water partition coefficient (Wildman–Crippen LogP) is 0.181. The van der Waals surface area contributed by atoms with Gasteiger partial charge in [0.15, 0.2) is 0 Å². The molecule has 0 radical (unpaired) electrons. The predicted molar refractivity (Wildman–Crippen MR) is 50.9 cm³/mol. The van der Waals surface area contributed by atoms with Crippen LogP contribution >= 0.6 is 0 Å². The molecule has 78 valence electrons.